The topological polar surface area (TPSA) is 92.9 Å². The van der Waals surface area contributed by atoms with Gasteiger partial charge < -0.3 is 10.4 Å². The molecule has 0 bridgehead atoms. The Hall–Kier alpha value is -3.98. The van der Waals surface area contributed by atoms with Crippen molar-refractivity contribution in [3.63, 3.8) is 0 Å². The molecule has 1 atom stereocenters. The third-order valence-electron chi connectivity index (χ3n) is 5.15. The Morgan fingerprint density at radius 1 is 1.18 bits per heavy atom. The van der Waals surface area contributed by atoms with Gasteiger partial charge in [0, 0.05) is 23.1 Å². The van der Waals surface area contributed by atoms with Crippen molar-refractivity contribution in [2.24, 2.45) is 0 Å². The van der Waals surface area contributed by atoms with Crippen LogP contribution >= 0.6 is 0 Å². The number of nitrogens with one attached hydrogen (secondary N) is 1. The molecule has 1 unspecified atom stereocenters. The minimum Gasteiger partial charge on any atom is -0.381 e. The number of amides is 1. The van der Waals surface area contributed by atoms with Crippen LogP contribution in [0.2, 0.25) is 0 Å². The molecule has 0 saturated carbocycles. The van der Waals surface area contributed by atoms with Crippen molar-refractivity contribution in [3.05, 3.63) is 95.7 Å². The van der Waals surface area contributed by atoms with E-state index in [2.05, 4.69) is 20.4 Å². The van der Waals surface area contributed by atoms with E-state index in [0.29, 0.717) is 11.8 Å². The molecule has 1 amide bonds. The van der Waals surface area contributed by atoms with Gasteiger partial charge in [-0.15, -0.1) is 0 Å². The van der Waals surface area contributed by atoms with Crippen LogP contribution in [0, 0.1) is 18.6 Å². The molecular formula is C24H21F2N5O2. The fraction of sp³-hybridized carbons (Fsp3) is 0.167. The summed E-state index contributed by atoms with van der Waals surface area (Å²) in [6.45, 7) is 1.45. The molecule has 0 aliphatic heterocycles. The lowest BCUT2D eigenvalue weighted by molar-refractivity contribution is -0.118. The van der Waals surface area contributed by atoms with E-state index in [1.165, 1.54) is 23.4 Å². The van der Waals surface area contributed by atoms with E-state index in [1.807, 2.05) is 31.2 Å². The Morgan fingerprint density at radius 2 is 2.03 bits per heavy atom. The number of fused-ring (bicyclic) bond motifs is 1. The van der Waals surface area contributed by atoms with Gasteiger partial charge in [-0.2, -0.15) is 5.10 Å². The number of benzene rings is 2. The molecule has 168 valence electrons. The van der Waals surface area contributed by atoms with Crippen molar-refractivity contribution in [2.75, 3.05) is 6.54 Å². The Morgan fingerprint density at radius 3 is 2.79 bits per heavy atom. The Bertz CT molecular complexity index is 1320. The standard InChI is InChI=1S/C24H21F2N5O2/c1-16-2-8-22-17(10-16)3-5-19(30-22)6-9-23(32)28-12-24(33,13-31-15-27-14-29-31)20-7-4-18(25)11-21(20)26/h2-11,14-15,33H,12-13H2,1H3,(H,28,32)/b9-6+. The smallest absolute Gasteiger partial charge is 0.244 e. The molecule has 9 heteroatoms. The van der Waals surface area contributed by atoms with E-state index in [-0.39, 0.29) is 18.7 Å². The molecule has 0 radical (unpaired) electrons. The molecule has 0 saturated heterocycles. The Kier molecular flexibility index (Phi) is 6.23. The van der Waals surface area contributed by atoms with E-state index in [0.717, 1.165) is 28.6 Å². The highest BCUT2D eigenvalue weighted by molar-refractivity contribution is 5.92. The van der Waals surface area contributed by atoms with Crippen LogP contribution in [0.15, 0.2) is 67.3 Å². The third kappa shape index (κ3) is 5.27. The van der Waals surface area contributed by atoms with Crippen LogP contribution in [0.3, 0.4) is 0 Å². The molecule has 33 heavy (non-hydrogen) atoms. The first-order valence-electron chi connectivity index (χ1n) is 10.2. The quantitative estimate of drug-likeness (QED) is 0.423. The van der Waals surface area contributed by atoms with Crippen LogP contribution in [0.5, 0.6) is 0 Å². The number of rotatable bonds is 7. The number of aliphatic hydroxyl groups is 1. The number of aryl methyl sites for hydroxylation is 1. The van der Waals surface area contributed by atoms with Gasteiger partial charge in [-0.3, -0.25) is 4.79 Å². The summed E-state index contributed by atoms with van der Waals surface area (Å²) in [6.07, 6.45) is 5.44. The number of aromatic nitrogens is 4. The predicted molar refractivity (Wildman–Crippen MR) is 119 cm³/mol. The number of pyridine rings is 1. The van der Waals surface area contributed by atoms with Crippen LogP contribution < -0.4 is 5.32 Å². The van der Waals surface area contributed by atoms with Crippen molar-refractivity contribution < 1.29 is 18.7 Å². The summed E-state index contributed by atoms with van der Waals surface area (Å²) < 4.78 is 29.1. The first-order chi connectivity index (χ1) is 15.8. The molecule has 2 aromatic heterocycles. The number of hydrogen-bond donors (Lipinski definition) is 2. The molecule has 2 aromatic carbocycles. The van der Waals surface area contributed by atoms with Gasteiger partial charge in [0.15, 0.2) is 0 Å². The molecular weight excluding hydrogens is 428 g/mol. The zero-order valence-corrected chi connectivity index (χ0v) is 17.7. The zero-order valence-electron chi connectivity index (χ0n) is 17.7. The maximum Gasteiger partial charge on any atom is 0.244 e. The van der Waals surface area contributed by atoms with Crippen molar-refractivity contribution in [2.45, 2.75) is 19.1 Å². The summed E-state index contributed by atoms with van der Waals surface area (Å²) in [4.78, 5) is 20.7. The summed E-state index contributed by atoms with van der Waals surface area (Å²) in [7, 11) is 0. The van der Waals surface area contributed by atoms with Gasteiger partial charge in [0.2, 0.25) is 5.91 Å². The molecule has 2 N–H and O–H groups in total. The summed E-state index contributed by atoms with van der Waals surface area (Å²) in [6, 6.07) is 12.5. The first-order valence-corrected chi connectivity index (χ1v) is 10.2. The number of carbonyl (C=O) groups is 1. The minimum absolute atomic E-state index is 0.171. The second kappa shape index (κ2) is 9.25. The van der Waals surface area contributed by atoms with Crippen molar-refractivity contribution in [1.29, 1.82) is 0 Å². The molecule has 4 aromatic rings. The SMILES string of the molecule is Cc1ccc2nc(/C=C/C(=O)NCC(O)(Cn3cncn3)c3ccc(F)cc3F)ccc2c1. The van der Waals surface area contributed by atoms with Crippen LogP contribution in [-0.2, 0) is 16.9 Å². The van der Waals surface area contributed by atoms with Gasteiger partial charge in [-0.05, 0) is 37.3 Å². The number of nitrogens with zero attached hydrogens (tertiary/aromatic N) is 4. The maximum atomic E-state index is 14.4. The average Bonchev–Trinajstić information content (AvgIpc) is 3.29. The highest BCUT2D eigenvalue weighted by atomic mass is 19.1. The zero-order chi connectivity index (χ0) is 23.4. The minimum atomic E-state index is -1.89. The summed E-state index contributed by atoms with van der Waals surface area (Å²) in [5.74, 6) is -2.22. The first kappa shape index (κ1) is 22.2. The van der Waals surface area contributed by atoms with E-state index >= 15 is 0 Å². The van der Waals surface area contributed by atoms with Gasteiger partial charge >= 0.3 is 0 Å². The average molecular weight is 449 g/mol. The molecule has 7 nitrogen and oxygen atoms in total. The van der Waals surface area contributed by atoms with Gasteiger partial charge in [-0.25, -0.2) is 23.4 Å². The molecule has 2 heterocycles. The van der Waals surface area contributed by atoms with E-state index < -0.39 is 23.1 Å². The highest BCUT2D eigenvalue weighted by Crippen LogP contribution is 2.26. The highest BCUT2D eigenvalue weighted by Gasteiger charge is 2.34. The number of halogens is 2. The van der Waals surface area contributed by atoms with Crippen LogP contribution in [0.1, 0.15) is 16.8 Å². The molecule has 0 aliphatic carbocycles. The number of hydrogen-bond acceptors (Lipinski definition) is 5. The van der Waals surface area contributed by atoms with Crippen molar-refractivity contribution in [1.82, 2.24) is 25.1 Å². The monoisotopic (exact) mass is 449 g/mol. The van der Waals surface area contributed by atoms with E-state index in [4.69, 9.17) is 0 Å². The Labute approximate surface area is 188 Å². The molecule has 0 spiro atoms. The second-order valence-electron chi connectivity index (χ2n) is 7.73. The van der Waals surface area contributed by atoms with Crippen LogP contribution in [0.4, 0.5) is 8.78 Å². The van der Waals surface area contributed by atoms with Crippen molar-refractivity contribution >= 4 is 22.9 Å². The summed E-state index contributed by atoms with van der Waals surface area (Å²) >= 11 is 0. The molecule has 4 rings (SSSR count). The lowest BCUT2D eigenvalue weighted by atomic mass is 9.92. The number of carbonyl (C=O) groups excluding carboxylic acids is 1. The van der Waals surface area contributed by atoms with Gasteiger partial charge in [0.25, 0.3) is 0 Å². The normalized spacial score (nSPS) is 13.3. The fourth-order valence-corrected chi connectivity index (χ4v) is 3.49. The van der Waals surface area contributed by atoms with Crippen molar-refractivity contribution in [3.8, 4) is 0 Å². The van der Waals surface area contributed by atoms with Gasteiger partial charge in [-0.1, -0.05) is 23.8 Å². The van der Waals surface area contributed by atoms with Crippen LogP contribution in [-0.4, -0.2) is 37.3 Å². The summed E-state index contributed by atoms with van der Waals surface area (Å²) in [5.41, 5.74) is 0.452. The fourth-order valence-electron chi connectivity index (χ4n) is 3.49. The van der Waals surface area contributed by atoms with E-state index in [1.54, 1.807) is 12.1 Å². The molecule has 0 aliphatic rings. The largest absolute Gasteiger partial charge is 0.381 e. The lowest BCUT2D eigenvalue weighted by Crippen LogP contribution is -2.44. The van der Waals surface area contributed by atoms with Gasteiger partial charge in [0.05, 0.1) is 24.3 Å². The Balaban J connectivity index is 1.50. The summed E-state index contributed by atoms with van der Waals surface area (Å²) in [5, 5.41) is 18.7. The lowest BCUT2D eigenvalue weighted by Gasteiger charge is -2.29. The van der Waals surface area contributed by atoms with E-state index in [9.17, 15) is 18.7 Å². The second-order valence-corrected chi connectivity index (χ2v) is 7.73. The molecule has 0 fully saturated rings. The third-order valence-corrected chi connectivity index (χ3v) is 5.15. The van der Waals surface area contributed by atoms with Gasteiger partial charge in [0.1, 0.15) is 29.9 Å². The maximum absolute atomic E-state index is 14.4. The predicted octanol–water partition coefficient (Wildman–Crippen LogP) is 3.13. The van der Waals surface area contributed by atoms with Crippen LogP contribution in [0.25, 0.3) is 17.0 Å².